The topological polar surface area (TPSA) is 77.7 Å². The predicted octanol–water partition coefficient (Wildman–Crippen LogP) is 2.10. The monoisotopic (exact) mass is 412 g/mol. The number of H-pyrrole nitrogens is 1. The molecular formula is C23H32N4O3. The Hall–Kier alpha value is -2.38. The highest BCUT2D eigenvalue weighted by Crippen LogP contribution is 2.26. The number of morpholine rings is 1. The van der Waals surface area contributed by atoms with E-state index in [4.69, 9.17) is 4.74 Å². The molecular weight excluding hydrogens is 380 g/mol. The molecule has 2 saturated heterocycles. The molecule has 2 aromatic rings. The van der Waals surface area contributed by atoms with Crippen LogP contribution in [0.3, 0.4) is 0 Å². The van der Waals surface area contributed by atoms with Gasteiger partial charge in [-0.25, -0.2) is 0 Å². The van der Waals surface area contributed by atoms with Crippen LogP contribution < -0.4 is 5.32 Å². The number of aromatic nitrogens is 1. The van der Waals surface area contributed by atoms with Gasteiger partial charge >= 0.3 is 0 Å². The highest BCUT2D eigenvalue weighted by atomic mass is 16.5. The summed E-state index contributed by atoms with van der Waals surface area (Å²) >= 11 is 0. The Balaban J connectivity index is 1.23. The smallest absolute Gasteiger partial charge is 0.270 e. The lowest BCUT2D eigenvalue weighted by atomic mass is 9.84. The Morgan fingerprint density at radius 3 is 2.63 bits per heavy atom. The molecule has 30 heavy (non-hydrogen) atoms. The normalized spacial score (nSPS) is 19.7. The second kappa shape index (κ2) is 9.62. The van der Waals surface area contributed by atoms with E-state index in [0.29, 0.717) is 31.2 Å². The highest BCUT2D eigenvalue weighted by Gasteiger charge is 2.30. The third-order valence-corrected chi connectivity index (χ3v) is 6.54. The van der Waals surface area contributed by atoms with Crippen molar-refractivity contribution >= 4 is 22.7 Å². The van der Waals surface area contributed by atoms with E-state index >= 15 is 0 Å². The summed E-state index contributed by atoms with van der Waals surface area (Å²) in [7, 11) is 0. The Morgan fingerprint density at radius 1 is 1.17 bits per heavy atom. The first-order valence-corrected chi connectivity index (χ1v) is 11.1. The van der Waals surface area contributed by atoms with Crippen molar-refractivity contribution in [3.63, 3.8) is 0 Å². The van der Waals surface area contributed by atoms with Crippen molar-refractivity contribution in [3.05, 3.63) is 36.0 Å². The zero-order valence-electron chi connectivity index (χ0n) is 17.7. The summed E-state index contributed by atoms with van der Waals surface area (Å²) in [6.07, 6.45) is 1.73. The SMILES string of the molecule is C[C@@H](C(=O)NCCN1CCOCC1)C1CCN(C(=O)c2cc3ccccc3[nH]2)CC1. The molecule has 0 saturated carbocycles. The molecule has 3 heterocycles. The molecule has 2 aliphatic rings. The Kier molecular flexibility index (Phi) is 6.69. The third-order valence-electron chi connectivity index (χ3n) is 6.54. The highest BCUT2D eigenvalue weighted by molar-refractivity contribution is 5.98. The van der Waals surface area contributed by atoms with Crippen LogP contribution in [0.15, 0.2) is 30.3 Å². The van der Waals surface area contributed by atoms with Crippen molar-refractivity contribution in [2.24, 2.45) is 11.8 Å². The molecule has 4 rings (SSSR count). The van der Waals surface area contributed by atoms with Crippen molar-refractivity contribution in [1.29, 1.82) is 0 Å². The van der Waals surface area contributed by atoms with Gasteiger partial charge in [-0.2, -0.15) is 0 Å². The molecule has 1 atom stereocenters. The van der Waals surface area contributed by atoms with Gasteiger partial charge in [0.25, 0.3) is 5.91 Å². The number of ether oxygens (including phenoxy) is 1. The minimum absolute atomic E-state index is 0.0278. The van der Waals surface area contributed by atoms with Crippen LogP contribution in [0.25, 0.3) is 10.9 Å². The Morgan fingerprint density at radius 2 is 1.90 bits per heavy atom. The van der Waals surface area contributed by atoms with Crippen molar-refractivity contribution < 1.29 is 14.3 Å². The molecule has 1 aromatic heterocycles. The second-order valence-corrected chi connectivity index (χ2v) is 8.43. The average Bonchev–Trinajstić information content (AvgIpc) is 3.23. The Bertz CT molecular complexity index is 833. The number of benzene rings is 1. The number of carbonyl (C=O) groups is 2. The lowest BCUT2D eigenvalue weighted by Gasteiger charge is -2.34. The number of nitrogens with zero attached hydrogens (tertiary/aromatic N) is 2. The molecule has 0 bridgehead atoms. The number of piperidine rings is 1. The van der Waals surface area contributed by atoms with Crippen LogP contribution in [-0.2, 0) is 9.53 Å². The largest absolute Gasteiger partial charge is 0.379 e. The predicted molar refractivity (Wildman–Crippen MR) is 116 cm³/mol. The van der Waals surface area contributed by atoms with E-state index in [0.717, 1.165) is 56.6 Å². The number of amides is 2. The summed E-state index contributed by atoms with van der Waals surface area (Å²) in [6, 6.07) is 9.86. The first-order chi connectivity index (χ1) is 14.6. The van der Waals surface area contributed by atoms with Gasteiger partial charge in [-0.15, -0.1) is 0 Å². The number of rotatable bonds is 6. The van der Waals surface area contributed by atoms with E-state index in [9.17, 15) is 9.59 Å². The minimum Gasteiger partial charge on any atom is -0.379 e. The number of likely N-dealkylation sites (tertiary alicyclic amines) is 1. The number of carbonyl (C=O) groups excluding carboxylic acids is 2. The van der Waals surface area contributed by atoms with E-state index in [1.54, 1.807) is 0 Å². The van der Waals surface area contributed by atoms with E-state index in [1.165, 1.54) is 0 Å². The first kappa shape index (κ1) is 20.9. The summed E-state index contributed by atoms with van der Waals surface area (Å²) < 4.78 is 5.35. The van der Waals surface area contributed by atoms with Crippen LogP contribution >= 0.6 is 0 Å². The molecule has 0 unspecified atom stereocenters. The zero-order chi connectivity index (χ0) is 20.9. The molecule has 1 aromatic carbocycles. The van der Waals surface area contributed by atoms with E-state index in [2.05, 4.69) is 15.2 Å². The van der Waals surface area contributed by atoms with Crippen molar-refractivity contribution in [1.82, 2.24) is 20.1 Å². The quantitative estimate of drug-likeness (QED) is 0.762. The lowest BCUT2D eigenvalue weighted by molar-refractivity contribution is -0.126. The number of aromatic amines is 1. The van der Waals surface area contributed by atoms with Gasteiger partial charge < -0.3 is 19.9 Å². The maximum absolute atomic E-state index is 12.9. The molecule has 0 spiro atoms. The van der Waals surface area contributed by atoms with Crippen LogP contribution in [0, 0.1) is 11.8 Å². The van der Waals surface area contributed by atoms with Crippen LogP contribution in [0.2, 0.25) is 0 Å². The molecule has 0 aliphatic carbocycles. The number of nitrogens with one attached hydrogen (secondary N) is 2. The summed E-state index contributed by atoms with van der Waals surface area (Å²) in [6.45, 7) is 8.40. The molecule has 2 amide bonds. The van der Waals surface area contributed by atoms with Gasteiger partial charge in [-0.05, 0) is 30.9 Å². The maximum Gasteiger partial charge on any atom is 0.270 e. The van der Waals surface area contributed by atoms with Gasteiger partial charge in [-0.1, -0.05) is 25.1 Å². The molecule has 2 N–H and O–H groups in total. The lowest BCUT2D eigenvalue weighted by Crippen LogP contribution is -2.45. The fraction of sp³-hybridized carbons (Fsp3) is 0.565. The van der Waals surface area contributed by atoms with Crippen LogP contribution in [0.1, 0.15) is 30.3 Å². The summed E-state index contributed by atoms with van der Waals surface area (Å²) in [5.74, 6) is 0.469. The van der Waals surface area contributed by atoms with Gasteiger partial charge in [0.2, 0.25) is 5.91 Å². The van der Waals surface area contributed by atoms with Gasteiger partial charge in [0.1, 0.15) is 5.69 Å². The fourth-order valence-electron chi connectivity index (χ4n) is 4.50. The first-order valence-electron chi connectivity index (χ1n) is 11.1. The number of fused-ring (bicyclic) bond motifs is 1. The molecule has 2 fully saturated rings. The second-order valence-electron chi connectivity index (χ2n) is 8.43. The van der Waals surface area contributed by atoms with Crippen molar-refractivity contribution in [2.45, 2.75) is 19.8 Å². The van der Waals surface area contributed by atoms with Gasteiger partial charge in [0, 0.05) is 56.1 Å². The fourth-order valence-corrected chi connectivity index (χ4v) is 4.50. The van der Waals surface area contributed by atoms with Crippen LogP contribution in [0.5, 0.6) is 0 Å². The van der Waals surface area contributed by atoms with Gasteiger partial charge in [0.15, 0.2) is 0 Å². The average molecular weight is 413 g/mol. The number of hydrogen-bond donors (Lipinski definition) is 2. The summed E-state index contributed by atoms with van der Waals surface area (Å²) in [5, 5.41) is 4.15. The van der Waals surface area contributed by atoms with E-state index in [1.807, 2.05) is 42.2 Å². The van der Waals surface area contributed by atoms with Crippen LogP contribution in [-0.4, -0.2) is 79.1 Å². The molecule has 0 radical (unpaired) electrons. The summed E-state index contributed by atoms with van der Waals surface area (Å²) in [4.78, 5) is 32.9. The molecule has 7 nitrogen and oxygen atoms in total. The Labute approximate surface area is 177 Å². The molecule has 2 aliphatic heterocycles. The number of hydrogen-bond acceptors (Lipinski definition) is 4. The zero-order valence-corrected chi connectivity index (χ0v) is 17.7. The molecule has 162 valence electrons. The summed E-state index contributed by atoms with van der Waals surface area (Å²) in [5.41, 5.74) is 1.63. The van der Waals surface area contributed by atoms with Crippen molar-refractivity contribution in [2.75, 3.05) is 52.5 Å². The van der Waals surface area contributed by atoms with E-state index in [-0.39, 0.29) is 17.7 Å². The minimum atomic E-state index is -0.0278. The van der Waals surface area contributed by atoms with E-state index < -0.39 is 0 Å². The van der Waals surface area contributed by atoms with Gasteiger partial charge in [-0.3, -0.25) is 14.5 Å². The third kappa shape index (κ3) is 4.84. The molecule has 7 heteroatoms. The van der Waals surface area contributed by atoms with Crippen molar-refractivity contribution in [3.8, 4) is 0 Å². The van der Waals surface area contributed by atoms with Crippen LogP contribution in [0.4, 0.5) is 0 Å². The van der Waals surface area contributed by atoms with Gasteiger partial charge in [0.05, 0.1) is 13.2 Å². The standard InChI is InChI=1S/C23H32N4O3/c1-17(22(28)24-8-11-26-12-14-30-15-13-26)18-6-9-27(10-7-18)23(29)21-16-19-4-2-3-5-20(19)25-21/h2-5,16-18,25H,6-15H2,1H3,(H,24,28)/t17-/m1/s1. The maximum atomic E-state index is 12.9. The number of para-hydroxylation sites is 1.